The quantitative estimate of drug-likeness (QED) is 0.846. The number of ether oxygens (including phenoxy) is 1. The third-order valence-electron chi connectivity index (χ3n) is 2.86. The van der Waals surface area contributed by atoms with Crippen molar-refractivity contribution in [1.82, 2.24) is 4.90 Å². The standard InChI is InChI=1S/C12H15NO5/c14-11(4-3-9-2-1-6-17-9)13-5-7-18-10(8-13)12(15)16/h1-2,6,10H,3-5,7-8H2,(H,15,16)/t10-/m1/s1. The maximum atomic E-state index is 11.9. The van der Waals surface area contributed by atoms with Crippen molar-refractivity contribution in [2.24, 2.45) is 0 Å². The molecule has 6 nitrogen and oxygen atoms in total. The van der Waals surface area contributed by atoms with Gasteiger partial charge in [-0.15, -0.1) is 0 Å². The number of aryl methyl sites for hydroxylation is 1. The van der Waals surface area contributed by atoms with Crippen LogP contribution in [0.5, 0.6) is 0 Å². The number of morpholine rings is 1. The van der Waals surface area contributed by atoms with Crippen LogP contribution in [0, 0.1) is 0 Å². The molecular formula is C12H15NO5. The Labute approximate surface area is 104 Å². The van der Waals surface area contributed by atoms with Crippen molar-refractivity contribution in [2.75, 3.05) is 19.7 Å². The first kappa shape index (κ1) is 12.6. The van der Waals surface area contributed by atoms with E-state index in [1.54, 1.807) is 12.3 Å². The Morgan fingerprint density at radius 2 is 2.33 bits per heavy atom. The number of rotatable bonds is 4. The molecule has 1 saturated heterocycles. The van der Waals surface area contributed by atoms with Crippen LogP contribution in [0.3, 0.4) is 0 Å². The molecule has 0 aliphatic carbocycles. The van der Waals surface area contributed by atoms with Gasteiger partial charge < -0.3 is 19.2 Å². The lowest BCUT2D eigenvalue weighted by molar-refractivity contribution is -0.159. The minimum absolute atomic E-state index is 0.0686. The zero-order valence-corrected chi connectivity index (χ0v) is 9.87. The molecule has 0 aromatic carbocycles. The highest BCUT2D eigenvalue weighted by Crippen LogP contribution is 2.10. The minimum atomic E-state index is -1.03. The summed E-state index contributed by atoms with van der Waals surface area (Å²) in [5.41, 5.74) is 0. The number of carbonyl (C=O) groups is 2. The Balaban J connectivity index is 1.83. The molecule has 0 unspecified atom stereocenters. The SMILES string of the molecule is O=C(O)[C@H]1CN(C(=O)CCc2ccco2)CCO1. The van der Waals surface area contributed by atoms with Crippen molar-refractivity contribution < 1.29 is 23.8 Å². The van der Waals surface area contributed by atoms with Crippen molar-refractivity contribution in [3.63, 3.8) is 0 Å². The summed E-state index contributed by atoms with van der Waals surface area (Å²) in [6.07, 6.45) is 1.50. The second-order valence-corrected chi connectivity index (χ2v) is 4.12. The predicted molar refractivity (Wildman–Crippen MR) is 61.0 cm³/mol. The summed E-state index contributed by atoms with van der Waals surface area (Å²) in [7, 11) is 0. The number of amides is 1. The van der Waals surface area contributed by atoms with Crippen LogP contribution in [-0.2, 0) is 20.7 Å². The molecule has 1 amide bonds. The van der Waals surface area contributed by atoms with Crippen LogP contribution in [0.15, 0.2) is 22.8 Å². The summed E-state index contributed by atoms with van der Waals surface area (Å²) in [6, 6.07) is 3.58. The largest absolute Gasteiger partial charge is 0.479 e. The van der Waals surface area contributed by atoms with Crippen molar-refractivity contribution in [3.8, 4) is 0 Å². The molecule has 6 heteroatoms. The first-order chi connectivity index (χ1) is 8.66. The molecule has 1 atom stereocenters. The third kappa shape index (κ3) is 3.10. The maximum Gasteiger partial charge on any atom is 0.334 e. The summed E-state index contributed by atoms with van der Waals surface area (Å²) >= 11 is 0. The molecule has 1 aliphatic heterocycles. The molecule has 1 aromatic heterocycles. The predicted octanol–water partition coefficient (Wildman–Crippen LogP) is 0.524. The minimum Gasteiger partial charge on any atom is -0.479 e. The van der Waals surface area contributed by atoms with Crippen LogP contribution in [0.2, 0.25) is 0 Å². The number of hydrogen-bond donors (Lipinski definition) is 1. The van der Waals surface area contributed by atoms with Gasteiger partial charge in [-0.1, -0.05) is 0 Å². The van der Waals surface area contributed by atoms with E-state index in [-0.39, 0.29) is 19.1 Å². The second kappa shape index (κ2) is 5.68. The molecule has 2 rings (SSSR count). The van der Waals surface area contributed by atoms with Gasteiger partial charge in [0.2, 0.25) is 5.91 Å². The van der Waals surface area contributed by atoms with Gasteiger partial charge in [0.15, 0.2) is 6.10 Å². The van der Waals surface area contributed by atoms with Crippen LogP contribution in [0.4, 0.5) is 0 Å². The Morgan fingerprint density at radius 3 is 3.00 bits per heavy atom. The van der Waals surface area contributed by atoms with Gasteiger partial charge in [-0.25, -0.2) is 4.79 Å². The number of carbonyl (C=O) groups excluding carboxylic acids is 1. The van der Waals surface area contributed by atoms with E-state index in [0.717, 1.165) is 5.76 Å². The molecule has 18 heavy (non-hydrogen) atoms. The van der Waals surface area contributed by atoms with E-state index in [4.69, 9.17) is 14.3 Å². The van der Waals surface area contributed by atoms with Crippen molar-refractivity contribution in [1.29, 1.82) is 0 Å². The molecule has 0 saturated carbocycles. The number of nitrogens with zero attached hydrogens (tertiary/aromatic N) is 1. The number of hydrogen-bond acceptors (Lipinski definition) is 4. The highest BCUT2D eigenvalue weighted by atomic mass is 16.5. The normalized spacial score (nSPS) is 19.8. The number of carboxylic acid groups (broad SMARTS) is 1. The molecule has 1 aliphatic rings. The molecule has 98 valence electrons. The second-order valence-electron chi connectivity index (χ2n) is 4.12. The molecule has 0 radical (unpaired) electrons. The molecule has 0 spiro atoms. The lowest BCUT2D eigenvalue weighted by Gasteiger charge is -2.30. The van der Waals surface area contributed by atoms with Gasteiger partial charge in [0.1, 0.15) is 5.76 Å². The fraction of sp³-hybridized carbons (Fsp3) is 0.500. The van der Waals surface area contributed by atoms with Crippen molar-refractivity contribution in [2.45, 2.75) is 18.9 Å². The van der Waals surface area contributed by atoms with Gasteiger partial charge in [-0.05, 0) is 12.1 Å². The molecule has 1 fully saturated rings. The summed E-state index contributed by atoms with van der Waals surface area (Å²) in [4.78, 5) is 24.2. The maximum absolute atomic E-state index is 11.9. The monoisotopic (exact) mass is 253 g/mol. The average Bonchev–Trinajstić information content (AvgIpc) is 2.89. The third-order valence-corrected chi connectivity index (χ3v) is 2.86. The van der Waals surface area contributed by atoms with E-state index in [1.807, 2.05) is 6.07 Å². The fourth-order valence-corrected chi connectivity index (χ4v) is 1.87. The van der Waals surface area contributed by atoms with Gasteiger partial charge in [0.05, 0.1) is 19.4 Å². The Morgan fingerprint density at radius 1 is 1.50 bits per heavy atom. The van der Waals surface area contributed by atoms with Crippen LogP contribution < -0.4 is 0 Å². The summed E-state index contributed by atoms with van der Waals surface area (Å²) in [5, 5.41) is 8.84. The average molecular weight is 253 g/mol. The lowest BCUT2D eigenvalue weighted by atomic mass is 10.2. The van der Waals surface area contributed by atoms with E-state index in [9.17, 15) is 9.59 Å². The van der Waals surface area contributed by atoms with E-state index in [2.05, 4.69) is 0 Å². The zero-order chi connectivity index (χ0) is 13.0. The number of carboxylic acids is 1. The Bertz CT molecular complexity index is 414. The Kier molecular flexibility index (Phi) is 3.99. The highest BCUT2D eigenvalue weighted by Gasteiger charge is 2.28. The highest BCUT2D eigenvalue weighted by molar-refractivity contribution is 5.78. The van der Waals surface area contributed by atoms with Gasteiger partial charge in [-0.3, -0.25) is 4.79 Å². The smallest absolute Gasteiger partial charge is 0.334 e. The first-order valence-corrected chi connectivity index (χ1v) is 5.81. The first-order valence-electron chi connectivity index (χ1n) is 5.81. The summed E-state index contributed by atoms with van der Waals surface area (Å²) < 4.78 is 10.2. The van der Waals surface area contributed by atoms with E-state index in [0.29, 0.717) is 19.4 Å². The van der Waals surface area contributed by atoms with E-state index < -0.39 is 12.1 Å². The van der Waals surface area contributed by atoms with Gasteiger partial charge in [0, 0.05) is 19.4 Å². The van der Waals surface area contributed by atoms with Crippen LogP contribution in [0.1, 0.15) is 12.2 Å². The summed E-state index contributed by atoms with van der Waals surface area (Å²) in [5.74, 6) is -0.342. The van der Waals surface area contributed by atoms with Crippen LogP contribution >= 0.6 is 0 Å². The van der Waals surface area contributed by atoms with Gasteiger partial charge >= 0.3 is 5.97 Å². The number of furan rings is 1. The van der Waals surface area contributed by atoms with Gasteiger partial charge in [-0.2, -0.15) is 0 Å². The molecular weight excluding hydrogens is 238 g/mol. The molecule has 1 N–H and O–H groups in total. The van der Waals surface area contributed by atoms with Crippen LogP contribution in [-0.4, -0.2) is 47.7 Å². The Hall–Kier alpha value is -1.82. The topological polar surface area (TPSA) is 80.0 Å². The molecule has 0 bridgehead atoms. The van der Waals surface area contributed by atoms with E-state index in [1.165, 1.54) is 4.90 Å². The molecule has 2 heterocycles. The molecule has 1 aromatic rings. The zero-order valence-electron chi connectivity index (χ0n) is 9.87. The lowest BCUT2D eigenvalue weighted by Crippen LogP contribution is -2.48. The summed E-state index contributed by atoms with van der Waals surface area (Å²) in [6.45, 7) is 0.830. The van der Waals surface area contributed by atoms with E-state index >= 15 is 0 Å². The van der Waals surface area contributed by atoms with Gasteiger partial charge in [0.25, 0.3) is 0 Å². The van der Waals surface area contributed by atoms with Crippen molar-refractivity contribution >= 4 is 11.9 Å². The van der Waals surface area contributed by atoms with Crippen LogP contribution in [0.25, 0.3) is 0 Å². The fourth-order valence-electron chi connectivity index (χ4n) is 1.87. The van der Waals surface area contributed by atoms with Crippen molar-refractivity contribution in [3.05, 3.63) is 24.2 Å². The number of aliphatic carboxylic acids is 1.